The second-order valence-corrected chi connectivity index (χ2v) is 8.33. The van der Waals surface area contributed by atoms with Gasteiger partial charge in [0.25, 0.3) is 0 Å². The molecule has 0 radical (unpaired) electrons. The number of amides is 1. The number of benzene rings is 3. The Balaban J connectivity index is 1.37. The van der Waals surface area contributed by atoms with E-state index in [1.54, 1.807) is 10.7 Å². The van der Waals surface area contributed by atoms with Gasteiger partial charge in [0.15, 0.2) is 0 Å². The minimum Gasteiger partial charge on any atom is -0.368 e. The van der Waals surface area contributed by atoms with Crippen LogP contribution in [0, 0.1) is 11.3 Å². The molecule has 4 aromatic rings. The van der Waals surface area contributed by atoms with E-state index in [9.17, 15) is 10.1 Å². The maximum atomic E-state index is 13.2. The van der Waals surface area contributed by atoms with Gasteiger partial charge in [-0.3, -0.25) is 9.48 Å². The summed E-state index contributed by atoms with van der Waals surface area (Å²) in [6.07, 6.45) is 0. The first-order chi connectivity index (χ1) is 16.7. The number of nitrogens with zero attached hydrogens (tertiary/aromatic N) is 5. The zero-order chi connectivity index (χ0) is 23.3. The first-order valence-electron chi connectivity index (χ1n) is 11.4. The van der Waals surface area contributed by atoms with Gasteiger partial charge < -0.3 is 9.80 Å². The highest BCUT2D eigenvalue weighted by Gasteiger charge is 2.23. The molecule has 1 aliphatic rings. The normalized spacial score (nSPS) is 13.5. The number of carbonyl (C=O) groups excluding carboxylic acids is 1. The average molecular weight is 448 g/mol. The minimum atomic E-state index is 0.0605. The molecule has 0 saturated carbocycles. The summed E-state index contributed by atoms with van der Waals surface area (Å²) in [6, 6.07) is 31.8. The molecule has 1 fully saturated rings. The highest BCUT2D eigenvalue weighted by Crippen LogP contribution is 2.27. The van der Waals surface area contributed by atoms with Gasteiger partial charge in [0, 0.05) is 37.4 Å². The van der Waals surface area contributed by atoms with Crippen molar-refractivity contribution in [3.05, 3.63) is 96.6 Å². The molecule has 0 atom stereocenters. The smallest absolute Gasteiger partial charge is 0.244 e. The molecule has 0 bridgehead atoms. The Labute approximate surface area is 199 Å². The maximum absolute atomic E-state index is 13.2. The summed E-state index contributed by atoms with van der Waals surface area (Å²) in [5.74, 6) is 0.0605. The molecule has 1 amide bonds. The zero-order valence-electron chi connectivity index (χ0n) is 18.8. The Morgan fingerprint density at radius 1 is 0.824 bits per heavy atom. The fraction of sp³-hybridized carbons (Fsp3) is 0.179. The number of anilines is 1. The fourth-order valence-electron chi connectivity index (χ4n) is 4.35. The lowest BCUT2D eigenvalue weighted by molar-refractivity contribution is -0.132. The van der Waals surface area contributed by atoms with Crippen molar-refractivity contribution in [1.29, 1.82) is 5.26 Å². The summed E-state index contributed by atoms with van der Waals surface area (Å²) in [4.78, 5) is 17.5. The SMILES string of the molecule is N#Cc1cccc(-c2cc(-c3ccccc3)n(CC(=O)N3CCN(c4ccccc4)CC3)n2)c1. The fourth-order valence-corrected chi connectivity index (χ4v) is 4.35. The number of nitriles is 1. The van der Waals surface area contributed by atoms with Crippen molar-refractivity contribution in [2.75, 3.05) is 31.1 Å². The van der Waals surface area contributed by atoms with Crippen LogP contribution in [-0.2, 0) is 11.3 Å². The van der Waals surface area contributed by atoms with Crippen LogP contribution in [0.3, 0.4) is 0 Å². The first-order valence-corrected chi connectivity index (χ1v) is 11.4. The summed E-state index contributed by atoms with van der Waals surface area (Å²) in [7, 11) is 0. The lowest BCUT2D eigenvalue weighted by Crippen LogP contribution is -2.49. The monoisotopic (exact) mass is 447 g/mol. The van der Waals surface area contributed by atoms with E-state index in [4.69, 9.17) is 5.10 Å². The number of hydrogen-bond donors (Lipinski definition) is 0. The van der Waals surface area contributed by atoms with Gasteiger partial charge in [-0.1, -0.05) is 60.7 Å². The van der Waals surface area contributed by atoms with Gasteiger partial charge in [0.2, 0.25) is 5.91 Å². The van der Waals surface area contributed by atoms with E-state index >= 15 is 0 Å². The second-order valence-electron chi connectivity index (χ2n) is 8.33. The van der Waals surface area contributed by atoms with E-state index in [1.807, 2.05) is 77.7 Å². The first kappa shape index (κ1) is 21.5. The standard InChI is InChI=1S/C28H25N5O/c29-20-22-8-7-11-24(18-22)26-19-27(23-9-3-1-4-10-23)33(30-26)21-28(34)32-16-14-31(15-17-32)25-12-5-2-6-13-25/h1-13,18-19H,14-17,21H2. The Hall–Kier alpha value is -4.37. The molecule has 168 valence electrons. The van der Waals surface area contributed by atoms with Crippen LogP contribution in [0.15, 0.2) is 91.0 Å². The summed E-state index contributed by atoms with van der Waals surface area (Å²) in [5.41, 5.74) is 5.27. The summed E-state index contributed by atoms with van der Waals surface area (Å²) in [6.45, 7) is 3.17. The van der Waals surface area contributed by atoms with Crippen LogP contribution in [0.5, 0.6) is 0 Å². The van der Waals surface area contributed by atoms with Gasteiger partial charge >= 0.3 is 0 Å². The van der Waals surface area contributed by atoms with Crippen LogP contribution < -0.4 is 4.90 Å². The molecule has 0 unspecified atom stereocenters. The molecule has 1 saturated heterocycles. The van der Waals surface area contributed by atoms with Gasteiger partial charge in [-0.15, -0.1) is 0 Å². The van der Waals surface area contributed by atoms with Crippen molar-refractivity contribution < 1.29 is 4.79 Å². The third-order valence-corrected chi connectivity index (χ3v) is 6.18. The van der Waals surface area contributed by atoms with Crippen molar-refractivity contribution in [1.82, 2.24) is 14.7 Å². The molecule has 0 spiro atoms. The predicted molar refractivity (Wildman–Crippen MR) is 133 cm³/mol. The Kier molecular flexibility index (Phi) is 6.09. The Morgan fingerprint density at radius 3 is 2.21 bits per heavy atom. The zero-order valence-corrected chi connectivity index (χ0v) is 18.8. The summed E-state index contributed by atoms with van der Waals surface area (Å²) in [5, 5.41) is 14.1. The van der Waals surface area contributed by atoms with E-state index in [1.165, 1.54) is 5.69 Å². The number of piperazine rings is 1. The van der Waals surface area contributed by atoms with E-state index in [2.05, 4.69) is 23.1 Å². The molecule has 0 N–H and O–H groups in total. The molecule has 34 heavy (non-hydrogen) atoms. The van der Waals surface area contributed by atoms with E-state index in [-0.39, 0.29) is 12.5 Å². The average Bonchev–Trinajstić information content (AvgIpc) is 3.33. The molecule has 6 nitrogen and oxygen atoms in total. The second kappa shape index (κ2) is 9.63. The summed E-state index contributed by atoms with van der Waals surface area (Å²) >= 11 is 0. The molecule has 2 heterocycles. The number of aromatic nitrogens is 2. The third-order valence-electron chi connectivity index (χ3n) is 6.18. The molecule has 1 aromatic heterocycles. The highest BCUT2D eigenvalue weighted by molar-refractivity contribution is 5.78. The van der Waals surface area contributed by atoms with Crippen LogP contribution in [0.1, 0.15) is 5.56 Å². The Morgan fingerprint density at radius 2 is 1.50 bits per heavy atom. The van der Waals surface area contributed by atoms with Crippen LogP contribution in [-0.4, -0.2) is 46.8 Å². The van der Waals surface area contributed by atoms with Gasteiger partial charge in [0.1, 0.15) is 6.54 Å². The van der Waals surface area contributed by atoms with E-state index in [0.29, 0.717) is 18.7 Å². The molecular weight excluding hydrogens is 422 g/mol. The Bertz CT molecular complexity index is 1320. The van der Waals surface area contributed by atoms with Gasteiger partial charge in [-0.25, -0.2) is 0 Å². The van der Waals surface area contributed by atoms with Crippen LogP contribution in [0.2, 0.25) is 0 Å². The van der Waals surface area contributed by atoms with Crippen molar-refractivity contribution in [2.45, 2.75) is 6.54 Å². The van der Waals surface area contributed by atoms with E-state index < -0.39 is 0 Å². The number of hydrogen-bond acceptors (Lipinski definition) is 4. The quantitative estimate of drug-likeness (QED) is 0.454. The molecule has 0 aliphatic carbocycles. The molecule has 1 aliphatic heterocycles. The maximum Gasteiger partial charge on any atom is 0.244 e. The topological polar surface area (TPSA) is 65.2 Å². The molecular formula is C28H25N5O. The number of rotatable bonds is 5. The van der Waals surface area contributed by atoms with Gasteiger partial charge in [-0.2, -0.15) is 10.4 Å². The number of carbonyl (C=O) groups is 1. The van der Waals surface area contributed by atoms with Crippen molar-refractivity contribution >= 4 is 11.6 Å². The summed E-state index contributed by atoms with van der Waals surface area (Å²) < 4.78 is 1.79. The largest absolute Gasteiger partial charge is 0.368 e. The van der Waals surface area contributed by atoms with Crippen molar-refractivity contribution in [2.24, 2.45) is 0 Å². The van der Waals surface area contributed by atoms with Crippen LogP contribution in [0.25, 0.3) is 22.5 Å². The predicted octanol–water partition coefficient (Wildman–Crippen LogP) is 4.44. The van der Waals surface area contributed by atoms with Crippen molar-refractivity contribution in [3.63, 3.8) is 0 Å². The third kappa shape index (κ3) is 4.55. The van der Waals surface area contributed by atoms with Gasteiger partial charge in [0.05, 0.1) is 23.0 Å². The molecule has 5 rings (SSSR count). The van der Waals surface area contributed by atoms with Crippen LogP contribution >= 0.6 is 0 Å². The molecule has 6 heteroatoms. The highest BCUT2D eigenvalue weighted by atomic mass is 16.2. The van der Waals surface area contributed by atoms with Crippen molar-refractivity contribution in [3.8, 4) is 28.6 Å². The molecule has 3 aromatic carbocycles. The lowest BCUT2D eigenvalue weighted by atomic mass is 10.1. The number of para-hydroxylation sites is 1. The van der Waals surface area contributed by atoms with Crippen LogP contribution in [0.4, 0.5) is 5.69 Å². The lowest BCUT2D eigenvalue weighted by Gasteiger charge is -2.36. The van der Waals surface area contributed by atoms with Gasteiger partial charge in [-0.05, 0) is 35.9 Å². The van der Waals surface area contributed by atoms with E-state index in [0.717, 1.165) is 35.6 Å². The minimum absolute atomic E-state index is 0.0605.